The van der Waals surface area contributed by atoms with Gasteiger partial charge >= 0.3 is 0 Å². The van der Waals surface area contributed by atoms with Gasteiger partial charge in [0.15, 0.2) is 17.3 Å². The molecule has 0 spiro atoms. The lowest BCUT2D eigenvalue weighted by molar-refractivity contribution is 0.101. The average molecular weight is 476 g/mol. The summed E-state index contributed by atoms with van der Waals surface area (Å²) in [4.78, 5) is 21.4. The maximum absolute atomic E-state index is 12.3. The second-order valence-corrected chi connectivity index (χ2v) is 10.3. The minimum Gasteiger partial charge on any atom is -0.294 e. The molecule has 1 fully saturated rings. The number of benzene rings is 1. The number of fused-ring (bicyclic) bond motifs is 1. The van der Waals surface area contributed by atoms with Crippen LogP contribution in [0.3, 0.4) is 0 Å². The predicted molar refractivity (Wildman–Crippen MR) is 124 cm³/mol. The fraction of sp³-hybridized carbons (Fsp3) is 0.261. The van der Waals surface area contributed by atoms with Crippen molar-refractivity contribution in [1.29, 1.82) is 5.26 Å². The summed E-state index contributed by atoms with van der Waals surface area (Å²) in [5.41, 5.74) is 3.62. The fourth-order valence-electron chi connectivity index (χ4n) is 4.16. The molecule has 4 aromatic rings. The Kier molecular flexibility index (Phi) is 5.27. The van der Waals surface area contributed by atoms with Gasteiger partial charge in [0.25, 0.3) is 0 Å². The van der Waals surface area contributed by atoms with Gasteiger partial charge in [-0.1, -0.05) is 6.07 Å². The molecular formula is C23H21N7O3S. The monoisotopic (exact) mass is 475 g/mol. The largest absolute Gasteiger partial charge is 0.294 e. The van der Waals surface area contributed by atoms with E-state index in [0.717, 1.165) is 16.6 Å². The Labute approximate surface area is 196 Å². The second kappa shape index (κ2) is 8.16. The molecule has 1 aliphatic rings. The normalized spacial score (nSPS) is 15.6. The van der Waals surface area contributed by atoms with Crippen LogP contribution in [0.15, 0.2) is 42.7 Å². The molecule has 10 nitrogen and oxygen atoms in total. The summed E-state index contributed by atoms with van der Waals surface area (Å²) < 4.78 is 29.2. The van der Waals surface area contributed by atoms with E-state index < -0.39 is 10.0 Å². The predicted octanol–water partition coefficient (Wildman–Crippen LogP) is 2.52. The molecule has 34 heavy (non-hydrogen) atoms. The van der Waals surface area contributed by atoms with Crippen LogP contribution in [0.25, 0.3) is 22.7 Å². The van der Waals surface area contributed by atoms with Crippen LogP contribution >= 0.6 is 0 Å². The van der Waals surface area contributed by atoms with E-state index in [0.29, 0.717) is 42.4 Å². The lowest BCUT2D eigenvalue weighted by atomic mass is 10.1. The topological polar surface area (TPSA) is 127 Å². The standard InChI is InChI=1S/C23H21N7O3S/c1-15-10-18(12-24)27-30(15)23-19(16(2)31)5-7-22(26-23)29-14-25-20-6-4-17(11-21(20)29)13-28-8-3-9-34(28,32)33/h4-7,10-11,14H,3,8-9,13H2,1-2H3. The molecule has 0 bridgehead atoms. The van der Waals surface area contributed by atoms with Gasteiger partial charge in [-0.3, -0.25) is 9.36 Å². The van der Waals surface area contributed by atoms with E-state index in [2.05, 4.69) is 10.1 Å². The molecular weight excluding hydrogens is 454 g/mol. The first kappa shape index (κ1) is 21.9. The number of carbonyl (C=O) groups excluding carboxylic acids is 1. The SMILES string of the molecule is CC(=O)c1ccc(-n2cnc3ccc(CN4CCCS4(=O)=O)cc32)nc1-n1nc(C#N)cc1C. The molecule has 0 aliphatic carbocycles. The van der Waals surface area contributed by atoms with E-state index in [4.69, 9.17) is 4.98 Å². The Morgan fingerprint density at radius 3 is 2.71 bits per heavy atom. The highest BCUT2D eigenvalue weighted by molar-refractivity contribution is 7.89. The number of imidazole rings is 1. The number of aryl methyl sites for hydroxylation is 1. The van der Waals surface area contributed by atoms with Gasteiger partial charge in [-0.2, -0.15) is 14.7 Å². The molecule has 0 atom stereocenters. The zero-order chi connectivity index (χ0) is 24.0. The minimum absolute atomic E-state index is 0.174. The van der Waals surface area contributed by atoms with E-state index in [9.17, 15) is 18.5 Å². The number of rotatable bonds is 5. The average Bonchev–Trinajstić information content (AvgIpc) is 3.49. The van der Waals surface area contributed by atoms with Crippen molar-refractivity contribution in [2.45, 2.75) is 26.8 Å². The third kappa shape index (κ3) is 3.76. The van der Waals surface area contributed by atoms with Crippen molar-refractivity contribution in [3.05, 3.63) is 65.2 Å². The Balaban J connectivity index is 1.60. The van der Waals surface area contributed by atoms with Crippen LogP contribution in [-0.4, -0.2) is 55.1 Å². The summed E-state index contributed by atoms with van der Waals surface area (Å²) in [5.74, 6) is 0.849. The van der Waals surface area contributed by atoms with Crippen LogP contribution in [0.1, 0.15) is 40.7 Å². The van der Waals surface area contributed by atoms with Gasteiger partial charge < -0.3 is 0 Å². The molecule has 0 N–H and O–H groups in total. The molecule has 1 aliphatic heterocycles. The van der Waals surface area contributed by atoms with Gasteiger partial charge in [0, 0.05) is 18.8 Å². The molecule has 0 unspecified atom stereocenters. The summed E-state index contributed by atoms with van der Waals surface area (Å²) in [5, 5.41) is 13.5. The Morgan fingerprint density at radius 1 is 1.21 bits per heavy atom. The van der Waals surface area contributed by atoms with E-state index in [1.807, 2.05) is 24.3 Å². The van der Waals surface area contributed by atoms with Crippen LogP contribution in [0.2, 0.25) is 0 Å². The number of hydrogen-bond acceptors (Lipinski definition) is 7. The van der Waals surface area contributed by atoms with Crippen LogP contribution in [0.5, 0.6) is 0 Å². The number of Topliss-reactive ketones (excluding diaryl/α,β-unsaturated/α-hetero) is 1. The Bertz CT molecular complexity index is 1590. The van der Waals surface area contributed by atoms with E-state index in [-0.39, 0.29) is 17.2 Å². The number of aromatic nitrogens is 5. The van der Waals surface area contributed by atoms with Crippen LogP contribution in [0, 0.1) is 18.3 Å². The van der Waals surface area contributed by atoms with E-state index in [1.54, 1.807) is 36.0 Å². The lowest BCUT2D eigenvalue weighted by Crippen LogP contribution is -2.25. The van der Waals surface area contributed by atoms with E-state index >= 15 is 0 Å². The number of nitriles is 1. The van der Waals surface area contributed by atoms with Crippen molar-refractivity contribution in [3.63, 3.8) is 0 Å². The summed E-state index contributed by atoms with van der Waals surface area (Å²) in [6, 6.07) is 12.7. The first-order valence-electron chi connectivity index (χ1n) is 10.7. The number of carbonyl (C=O) groups is 1. The smallest absolute Gasteiger partial charge is 0.214 e. The number of hydrogen-bond donors (Lipinski definition) is 0. The van der Waals surface area contributed by atoms with Crippen LogP contribution in [0.4, 0.5) is 0 Å². The van der Waals surface area contributed by atoms with Gasteiger partial charge in [0.05, 0.1) is 22.3 Å². The highest BCUT2D eigenvalue weighted by Crippen LogP contribution is 2.24. The first-order chi connectivity index (χ1) is 16.3. The molecule has 1 saturated heterocycles. The highest BCUT2D eigenvalue weighted by atomic mass is 32.2. The Hall–Kier alpha value is -3.88. The highest BCUT2D eigenvalue weighted by Gasteiger charge is 2.28. The van der Waals surface area contributed by atoms with Gasteiger partial charge in [0.1, 0.15) is 18.2 Å². The first-order valence-corrected chi connectivity index (χ1v) is 12.3. The van der Waals surface area contributed by atoms with Crippen molar-refractivity contribution in [3.8, 4) is 17.7 Å². The van der Waals surface area contributed by atoms with Crippen molar-refractivity contribution in [2.75, 3.05) is 12.3 Å². The molecule has 172 valence electrons. The molecule has 11 heteroatoms. The second-order valence-electron chi connectivity index (χ2n) is 8.23. The van der Waals surface area contributed by atoms with Crippen molar-refractivity contribution in [2.24, 2.45) is 0 Å². The van der Waals surface area contributed by atoms with Gasteiger partial charge in [-0.15, -0.1) is 0 Å². The van der Waals surface area contributed by atoms with Gasteiger partial charge in [-0.05, 0) is 56.2 Å². The maximum atomic E-state index is 12.3. The molecule has 4 heterocycles. The van der Waals surface area contributed by atoms with Gasteiger partial charge in [0.2, 0.25) is 10.0 Å². The fourth-order valence-corrected chi connectivity index (χ4v) is 5.66. The maximum Gasteiger partial charge on any atom is 0.214 e. The third-order valence-electron chi connectivity index (χ3n) is 5.86. The molecule has 3 aromatic heterocycles. The quantitative estimate of drug-likeness (QED) is 0.406. The summed E-state index contributed by atoms with van der Waals surface area (Å²) in [7, 11) is -3.21. The molecule has 0 saturated carbocycles. The molecule has 0 radical (unpaired) electrons. The number of sulfonamides is 1. The molecule has 0 amide bonds. The van der Waals surface area contributed by atoms with Crippen LogP contribution in [-0.2, 0) is 16.6 Å². The summed E-state index contributed by atoms with van der Waals surface area (Å²) >= 11 is 0. The zero-order valence-corrected chi connectivity index (χ0v) is 19.4. The number of pyridine rings is 1. The zero-order valence-electron chi connectivity index (χ0n) is 18.6. The van der Waals surface area contributed by atoms with Crippen molar-refractivity contribution < 1.29 is 13.2 Å². The third-order valence-corrected chi connectivity index (χ3v) is 7.77. The molecule has 5 rings (SSSR count). The van der Waals surface area contributed by atoms with Crippen molar-refractivity contribution >= 4 is 26.8 Å². The van der Waals surface area contributed by atoms with Crippen molar-refractivity contribution in [1.82, 2.24) is 28.6 Å². The van der Waals surface area contributed by atoms with Gasteiger partial charge in [-0.25, -0.2) is 23.1 Å². The number of ketones is 1. The molecule has 1 aromatic carbocycles. The van der Waals surface area contributed by atoms with Crippen LogP contribution < -0.4 is 0 Å². The van der Waals surface area contributed by atoms with E-state index in [1.165, 1.54) is 15.9 Å². The minimum atomic E-state index is -3.21. The Morgan fingerprint density at radius 2 is 2.03 bits per heavy atom. The summed E-state index contributed by atoms with van der Waals surface area (Å²) in [6.45, 7) is 4.06. The lowest BCUT2D eigenvalue weighted by Gasteiger charge is -2.15. The summed E-state index contributed by atoms with van der Waals surface area (Å²) in [6.07, 6.45) is 2.27. The number of nitrogens with zero attached hydrogens (tertiary/aromatic N) is 7.